The van der Waals surface area contributed by atoms with Gasteiger partial charge in [0.05, 0.1) is 11.2 Å². The van der Waals surface area contributed by atoms with Gasteiger partial charge in [-0.3, -0.25) is 0 Å². The van der Waals surface area contributed by atoms with Crippen molar-refractivity contribution in [1.29, 1.82) is 0 Å². The van der Waals surface area contributed by atoms with Crippen LogP contribution in [0.4, 0.5) is 0 Å². The summed E-state index contributed by atoms with van der Waals surface area (Å²) in [7, 11) is 0. The number of hydrogen-bond donors (Lipinski definition) is 0. The summed E-state index contributed by atoms with van der Waals surface area (Å²) in [6.07, 6.45) is 3.85. The van der Waals surface area contributed by atoms with Crippen molar-refractivity contribution in [3.63, 3.8) is 0 Å². The van der Waals surface area contributed by atoms with Gasteiger partial charge in [0, 0.05) is 10.9 Å². The quantitative estimate of drug-likeness (QED) is 0.210. The summed E-state index contributed by atoms with van der Waals surface area (Å²) in [5.41, 5.74) is 11.8. The molecule has 0 aliphatic heterocycles. The third-order valence-electron chi connectivity index (χ3n) is 9.63. The number of rotatable bonds is 3. The fourth-order valence-corrected chi connectivity index (χ4v) is 7.98. The molecule has 2 unspecified atom stereocenters. The molecule has 6 aromatic carbocycles. The van der Waals surface area contributed by atoms with E-state index in [1.54, 1.807) is 5.56 Å². The first kappa shape index (κ1) is 23.0. The van der Waals surface area contributed by atoms with Crippen LogP contribution >= 0.6 is 0 Å². The molecule has 1 nitrogen and oxygen atoms in total. The van der Waals surface area contributed by atoms with Gasteiger partial charge >= 0.3 is 0 Å². The highest BCUT2D eigenvalue weighted by molar-refractivity contribution is 6.23. The third kappa shape index (κ3) is 3.39. The van der Waals surface area contributed by atoms with E-state index in [0.717, 1.165) is 5.52 Å². The molecule has 2 aliphatic rings. The van der Waals surface area contributed by atoms with E-state index in [4.69, 9.17) is 4.98 Å². The predicted octanol–water partition coefficient (Wildman–Crippen LogP) is 10.9. The summed E-state index contributed by atoms with van der Waals surface area (Å²) in [4.78, 5) is 5.50. The van der Waals surface area contributed by atoms with Crippen molar-refractivity contribution in [2.24, 2.45) is 0 Å². The smallest absolute Gasteiger partial charge is 0.0747 e. The van der Waals surface area contributed by atoms with Crippen molar-refractivity contribution in [2.75, 3.05) is 0 Å². The molecular weight excluding hydrogens is 494 g/mol. The number of pyridine rings is 1. The largest absolute Gasteiger partial charge is 0.247 e. The third-order valence-corrected chi connectivity index (χ3v) is 9.63. The average molecular weight is 524 g/mol. The van der Waals surface area contributed by atoms with Gasteiger partial charge in [0.1, 0.15) is 0 Å². The second-order valence-electron chi connectivity index (χ2n) is 11.8. The molecule has 1 fully saturated rings. The fraction of sp³-hybridized carbons (Fsp3) is 0.125. The van der Waals surface area contributed by atoms with E-state index in [1.807, 2.05) is 0 Å². The van der Waals surface area contributed by atoms with E-state index in [2.05, 4.69) is 127 Å². The molecule has 194 valence electrons. The lowest BCUT2D eigenvalue weighted by molar-refractivity contribution is 0.720. The number of nitrogens with zero attached hydrogens (tertiary/aromatic N) is 1. The summed E-state index contributed by atoms with van der Waals surface area (Å²) in [6, 6.07) is 46.6. The summed E-state index contributed by atoms with van der Waals surface area (Å²) in [5.74, 6) is 1.26. The molecule has 0 saturated heterocycles. The molecule has 2 atom stereocenters. The van der Waals surface area contributed by atoms with Crippen LogP contribution in [0.25, 0.3) is 66.0 Å². The van der Waals surface area contributed by atoms with Crippen LogP contribution < -0.4 is 0 Å². The molecule has 9 rings (SSSR count). The van der Waals surface area contributed by atoms with Crippen molar-refractivity contribution in [3.8, 4) is 33.5 Å². The number of hydrogen-bond acceptors (Lipinski definition) is 1. The average Bonchev–Trinajstić information content (AvgIpc) is 3.67. The van der Waals surface area contributed by atoms with E-state index in [1.165, 1.54) is 85.3 Å². The van der Waals surface area contributed by atoms with Gasteiger partial charge in [-0.25, -0.2) is 4.98 Å². The van der Waals surface area contributed by atoms with Gasteiger partial charge < -0.3 is 0 Å². The molecule has 1 aromatic heterocycles. The Kier molecular flexibility index (Phi) is 4.98. The zero-order valence-electron chi connectivity index (χ0n) is 22.8. The molecule has 1 heterocycles. The van der Waals surface area contributed by atoms with Gasteiger partial charge in [-0.05, 0) is 98.2 Å². The minimum absolute atomic E-state index is 0.628. The molecule has 41 heavy (non-hydrogen) atoms. The van der Waals surface area contributed by atoms with Crippen LogP contribution in [0.2, 0.25) is 0 Å². The molecule has 2 aliphatic carbocycles. The zero-order valence-corrected chi connectivity index (χ0v) is 22.8. The maximum atomic E-state index is 5.50. The van der Waals surface area contributed by atoms with Crippen LogP contribution in [0.5, 0.6) is 0 Å². The SMILES string of the molecule is c1ccc(-c2nc3cc4c(-c5ccccc5)c5ccccc5c(-c5ccccc5)c4cc3c3c2C2CCC3C2)cc1. The molecule has 0 spiro atoms. The van der Waals surface area contributed by atoms with Gasteiger partial charge in [-0.2, -0.15) is 0 Å². The minimum atomic E-state index is 0.628. The summed E-state index contributed by atoms with van der Waals surface area (Å²) < 4.78 is 0. The minimum Gasteiger partial charge on any atom is -0.247 e. The monoisotopic (exact) mass is 523 g/mol. The van der Waals surface area contributed by atoms with Crippen LogP contribution in [0, 0.1) is 0 Å². The lowest BCUT2D eigenvalue weighted by Gasteiger charge is -2.23. The standard InChI is InChI=1S/C40H29N/c1-4-12-25(13-5-1)36-30-18-10-11-19-31(30)37(26-14-6-2-7-15-26)33-24-35-34(23-32(33)36)38-28-20-21-29(22-28)39(38)40(41-35)27-16-8-3-9-17-27/h1-19,23-24,28-29H,20-22H2. The molecule has 0 amide bonds. The molecule has 0 radical (unpaired) electrons. The van der Waals surface area contributed by atoms with Gasteiger partial charge in [0.2, 0.25) is 0 Å². The lowest BCUT2D eigenvalue weighted by atomic mass is 9.82. The Morgan fingerprint density at radius 2 is 0.927 bits per heavy atom. The molecule has 2 bridgehead atoms. The van der Waals surface area contributed by atoms with Gasteiger partial charge in [0.25, 0.3) is 0 Å². The predicted molar refractivity (Wildman–Crippen MR) is 172 cm³/mol. The maximum Gasteiger partial charge on any atom is 0.0747 e. The lowest BCUT2D eigenvalue weighted by Crippen LogP contribution is -2.04. The normalized spacial score (nSPS) is 17.5. The van der Waals surface area contributed by atoms with E-state index in [0.29, 0.717) is 11.8 Å². The summed E-state index contributed by atoms with van der Waals surface area (Å²) >= 11 is 0. The maximum absolute atomic E-state index is 5.50. The second-order valence-corrected chi connectivity index (χ2v) is 11.8. The second kappa shape index (κ2) is 8.88. The van der Waals surface area contributed by atoms with Crippen molar-refractivity contribution in [3.05, 3.63) is 139 Å². The zero-order chi connectivity index (χ0) is 26.9. The Hall–Kier alpha value is -4.75. The van der Waals surface area contributed by atoms with Crippen molar-refractivity contribution in [2.45, 2.75) is 31.1 Å². The van der Waals surface area contributed by atoms with Crippen LogP contribution in [0.1, 0.15) is 42.2 Å². The molecule has 1 saturated carbocycles. The highest BCUT2D eigenvalue weighted by atomic mass is 14.7. The Morgan fingerprint density at radius 1 is 0.439 bits per heavy atom. The van der Waals surface area contributed by atoms with E-state index in [-0.39, 0.29) is 0 Å². The van der Waals surface area contributed by atoms with Gasteiger partial charge in [0.15, 0.2) is 0 Å². The number of benzene rings is 6. The first-order chi connectivity index (χ1) is 20.3. The van der Waals surface area contributed by atoms with Crippen molar-refractivity contribution in [1.82, 2.24) is 4.98 Å². The Bertz CT molecular complexity index is 2110. The van der Waals surface area contributed by atoms with E-state index >= 15 is 0 Å². The Balaban J connectivity index is 1.49. The highest BCUT2D eigenvalue weighted by Crippen LogP contribution is 2.58. The Labute approximate surface area is 240 Å². The van der Waals surface area contributed by atoms with Gasteiger partial charge in [-0.15, -0.1) is 0 Å². The number of aromatic nitrogens is 1. The first-order valence-corrected chi connectivity index (χ1v) is 14.9. The Morgan fingerprint density at radius 3 is 1.51 bits per heavy atom. The number of fused-ring (bicyclic) bond motifs is 9. The van der Waals surface area contributed by atoms with Gasteiger partial charge in [-0.1, -0.05) is 115 Å². The van der Waals surface area contributed by atoms with Crippen LogP contribution in [0.15, 0.2) is 127 Å². The molecular formula is C40H29N. The topological polar surface area (TPSA) is 12.9 Å². The fourth-order valence-electron chi connectivity index (χ4n) is 7.98. The summed E-state index contributed by atoms with van der Waals surface area (Å²) in [5, 5.41) is 6.53. The van der Waals surface area contributed by atoms with Crippen LogP contribution in [-0.4, -0.2) is 4.98 Å². The van der Waals surface area contributed by atoms with Crippen LogP contribution in [0.3, 0.4) is 0 Å². The first-order valence-electron chi connectivity index (χ1n) is 14.9. The van der Waals surface area contributed by atoms with E-state index < -0.39 is 0 Å². The molecule has 7 aromatic rings. The van der Waals surface area contributed by atoms with Crippen molar-refractivity contribution < 1.29 is 0 Å². The summed E-state index contributed by atoms with van der Waals surface area (Å²) in [6.45, 7) is 0. The molecule has 0 N–H and O–H groups in total. The van der Waals surface area contributed by atoms with Crippen molar-refractivity contribution >= 4 is 32.4 Å². The van der Waals surface area contributed by atoms with Crippen LogP contribution in [-0.2, 0) is 0 Å². The van der Waals surface area contributed by atoms with E-state index in [9.17, 15) is 0 Å². The highest BCUT2D eigenvalue weighted by Gasteiger charge is 2.40. The molecule has 1 heteroatoms.